The largest absolute Gasteiger partial charge is 0.303 e. The van der Waals surface area contributed by atoms with Crippen LogP contribution >= 0.6 is 23.1 Å². The van der Waals surface area contributed by atoms with E-state index in [0.717, 1.165) is 43.1 Å². The Morgan fingerprint density at radius 2 is 2.18 bits per heavy atom. The number of nitrogens with zero attached hydrogens (tertiary/aromatic N) is 3. The van der Waals surface area contributed by atoms with Crippen molar-refractivity contribution >= 4 is 28.9 Å². The van der Waals surface area contributed by atoms with Crippen LogP contribution in [0.4, 0.5) is 0 Å². The zero-order valence-corrected chi connectivity index (χ0v) is 14.0. The van der Waals surface area contributed by atoms with Crippen LogP contribution in [0.25, 0.3) is 0 Å². The molecule has 2 heterocycles. The van der Waals surface area contributed by atoms with Gasteiger partial charge in [0, 0.05) is 23.8 Å². The van der Waals surface area contributed by atoms with Crippen LogP contribution in [0.1, 0.15) is 55.3 Å². The maximum absolute atomic E-state index is 12.1. The van der Waals surface area contributed by atoms with Gasteiger partial charge < -0.3 is 4.57 Å². The van der Waals surface area contributed by atoms with Gasteiger partial charge in [0.2, 0.25) is 0 Å². The number of hydrogen-bond donors (Lipinski definition) is 0. The fraction of sp³-hybridized carbons (Fsp3) is 0.562. The van der Waals surface area contributed by atoms with Crippen molar-refractivity contribution in [2.75, 3.05) is 0 Å². The lowest BCUT2D eigenvalue weighted by atomic mass is 9.99. The van der Waals surface area contributed by atoms with Gasteiger partial charge in [-0.1, -0.05) is 24.2 Å². The van der Waals surface area contributed by atoms with Crippen LogP contribution in [0.15, 0.2) is 22.7 Å². The van der Waals surface area contributed by atoms with Crippen LogP contribution in [0.3, 0.4) is 0 Å². The Morgan fingerprint density at radius 3 is 2.91 bits per heavy atom. The van der Waals surface area contributed by atoms with Gasteiger partial charge in [0.15, 0.2) is 5.16 Å². The lowest BCUT2D eigenvalue weighted by Crippen LogP contribution is -2.22. The van der Waals surface area contributed by atoms with E-state index in [1.807, 2.05) is 0 Å². The standard InChI is InChI=1S/C16H19N3OS2/c20-13-5-1-2-6-14(13)22-16-18-17-15(19(16)11-7-8-11)10-12-4-3-9-21-12/h3-4,9,11,14H,1-2,5-8,10H2/t14-/m0/s1. The third kappa shape index (κ3) is 2.99. The predicted octanol–water partition coefficient (Wildman–Crippen LogP) is 3.87. The lowest BCUT2D eigenvalue weighted by molar-refractivity contribution is -0.119. The van der Waals surface area contributed by atoms with Gasteiger partial charge in [0.05, 0.1) is 5.25 Å². The fourth-order valence-corrected chi connectivity index (χ4v) is 4.93. The zero-order valence-electron chi connectivity index (χ0n) is 12.4. The van der Waals surface area contributed by atoms with E-state index in [9.17, 15) is 4.79 Å². The van der Waals surface area contributed by atoms with Crippen molar-refractivity contribution in [2.24, 2.45) is 0 Å². The van der Waals surface area contributed by atoms with Gasteiger partial charge >= 0.3 is 0 Å². The first-order chi connectivity index (χ1) is 10.8. The Balaban J connectivity index is 1.57. The van der Waals surface area contributed by atoms with Gasteiger partial charge in [-0.3, -0.25) is 4.79 Å². The van der Waals surface area contributed by atoms with E-state index in [-0.39, 0.29) is 5.25 Å². The summed E-state index contributed by atoms with van der Waals surface area (Å²) in [4.78, 5) is 13.4. The Hall–Kier alpha value is -1.14. The third-order valence-electron chi connectivity index (χ3n) is 4.31. The Morgan fingerprint density at radius 1 is 1.27 bits per heavy atom. The third-order valence-corrected chi connectivity index (χ3v) is 6.45. The van der Waals surface area contributed by atoms with Crippen LogP contribution in [-0.4, -0.2) is 25.8 Å². The first-order valence-electron chi connectivity index (χ1n) is 7.97. The van der Waals surface area contributed by atoms with Gasteiger partial charge in [-0.2, -0.15) is 0 Å². The lowest BCUT2D eigenvalue weighted by Gasteiger charge is -2.19. The van der Waals surface area contributed by atoms with Crippen LogP contribution in [0.5, 0.6) is 0 Å². The van der Waals surface area contributed by atoms with Gasteiger partial charge in [0.25, 0.3) is 0 Å². The molecule has 0 unspecified atom stereocenters. The highest BCUT2D eigenvalue weighted by Gasteiger charge is 2.32. The minimum Gasteiger partial charge on any atom is -0.303 e. The number of thiophene rings is 1. The molecule has 0 aromatic carbocycles. The summed E-state index contributed by atoms with van der Waals surface area (Å²) in [5, 5.41) is 12.0. The molecule has 0 bridgehead atoms. The topological polar surface area (TPSA) is 47.8 Å². The van der Waals surface area contributed by atoms with Crippen molar-refractivity contribution < 1.29 is 4.79 Å². The molecule has 2 aromatic heterocycles. The number of ketones is 1. The number of rotatable bonds is 5. The number of carbonyl (C=O) groups is 1. The minimum absolute atomic E-state index is 0.0880. The fourth-order valence-electron chi connectivity index (χ4n) is 2.98. The number of hydrogen-bond acceptors (Lipinski definition) is 5. The molecule has 2 fully saturated rings. The van der Waals surface area contributed by atoms with Crippen LogP contribution in [0, 0.1) is 0 Å². The highest BCUT2D eigenvalue weighted by atomic mass is 32.2. The maximum atomic E-state index is 12.1. The Labute approximate surface area is 138 Å². The summed E-state index contributed by atoms with van der Waals surface area (Å²) in [6.07, 6.45) is 7.19. The van der Waals surface area contributed by atoms with Gasteiger partial charge in [0.1, 0.15) is 11.6 Å². The van der Waals surface area contributed by atoms with E-state index < -0.39 is 0 Å². The maximum Gasteiger partial charge on any atom is 0.192 e. The van der Waals surface area contributed by atoms with E-state index >= 15 is 0 Å². The van der Waals surface area contributed by atoms with Gasteiger partial charge in [-0.25, -0.2) is 0 Å². The summed E-state index contributed by atoms with van der Waals surface area (Å²) in [5.74, 6) is 1.44. The minimum atomic E-state index is 0.0880. The number of aromatic nitrogens is 3. The molecule has 2 aliphatic rings. The van der Waals surface area contributed by atoms with Crippen LogP contribution in [0.2, 0.25) is 0 Å². The quantitative estimate of drug-likeness (QED) is 0.833. The molecule has 116 valence electrons. The molecule has 4 rings (SSSR count). The molecular weight excluding hydrogens is 314 g/mol. The first kappa shape index (κ1) is 14.5. The Kier molecular flexibility index (Phi) is 4.05. The molecule has 1 atom stereocenters. The molecule has 2 saturated carbocycles. The first-order valence-corrected chi connectivity index (χ1v) is 9.73. The van der Waals surface area contributed by atoms with Crippen molar-refractivity contribution in [3.05, 3.63) is 28.2 Å². The van der Waals surface area contributed by atoms with Crippen LogP contribution < -0.4 is 0 Å². The summed E-state index contributed by atoms with van der Waals surface area (Å²) >= 11 is 3.41. The smallest absolute Gasteiger partial charge is 0.192 e. The average Bonchev–Trinajstić information content (AvgIpc) is 3.08. The summed E-state index contributed by atoms with van der Waals surface area (Å²) in [6, 6.07) is 4.77. The number of carbonyl (C=O) groups excluding carboxylic acids is 1. The molecule has 2 aromatic rings. The van der Waals surface area contributed by atoms with E-state index in [4.69, 9.17) is 0 Å². The summed E-state index contributed by atoms with van der Waals surface area (Å²) < 4.78 is 2.30. The van der Waals surface area contributed by atoms with Crippen molar-refractivity contribution in [3.8, 4) is 0 Å². The second-order valence-electron chi connectivity index (χ2n) is 6.07. The van der Waals surface area contributed by atoms with E-state index in [1.165, 1.54) is 17.7 Å². The highest BCUT2D eigenvalue weighted by molar-refractivity contribution is 8.00. The van der Waals surface area contributed by atoms with E-state index in [2.05, 4.69) is 32.3 Å². The molecule has 22 heavy (non-hydrogen) atoms. The molecule has 0 N–H and O–H groups in total. The predicted molar refractivity (Wildman–Crippen MR) is 88.5 cm³/mol. The molecule has 4 nitrogen and oxygen atoms in total. The molecule has 6 heteroatoms. The average molecular weight is 333 g/mol. The zero-order chi connectivity index (χ0) is 14.9. The molecule has 2 aliphatic carbocycles. The van der Waals surface area contributed by atoms with Crippen molar-refractivity contribution in [3.63, 3.8) is 0 Å². The van der Waals surface area contributed by atoms with Gasteiger partial charge in [-0.15, -0.1) is 21.5 Å². The van der Waals surface area contributed by atoms with Crippen molar-refractivity contribution in [1.29, 1.82) is 0 Å². The normalized spacial score (nSPS) is 22.2. The molecule has 0 spiro atoms. The summed E-state index contributed by atoms with van der Waals surface area (Å²) in [5.41, 5.74) is 0. The van der Waals surface area contributed by atoms with Crippen molar-refractivity contribution in [1.82, 2.24) is 14.8 Å². The highest BCUT2D eigenvalue weighted by Crippen LogP contribution is 2.41. The monoisotopic (exact) mass is 333 g/mol. The van der Waals surface area contributed by atoms with E-state index in [0.29, 0.717) is 11.8 Å². The molecule has 0 amide bonds. The Bertz CT molecular complexity index is 661. The second kappa shape index (κ2) is 6.16. The van der Waals surface area contributed by atoms with E-state index in [1.54, 1.807) is 23.1 Å². The number of Topliss-reactive ketones (excluding diaryl/α,β-unsaturated/α-hetero) is 1. The number of thioether (sulfide) groups is 1. The second-order valence-corrected chi connectivity index (χ2v) is 8.28. The van der Waals surface area contributed by atoms with Crippen molar-refractivity contribution in [2.45, 2.75) is 61.4 Å². The molecule has 0 saturated heterocycles. The summed E-state index contributed by atoms with van der Waals surface area (Å²) in [6.45, 7) is 0. The molecule has 0 radical (unpaired) electrons. The molecule has 0 aliphatic heterocycles. The van der Waals surface area contributed by atoms with Crippen LogP contribution in [-0.2, 0) is 11.2 Å². The molecular formula is C16H19N3OS2. The summed E-state index contributed by atoms with van der Waals surface area (Å²) in [7, 11) is 0. The van der Waals surface area contributed by atoms with Gasteiger partial charge in [-0.05, 0) is 37.1 Å². The SMILES string of the molecule is O=C1CCCC[C@@H]1Sc1nnc(Cc2cccs2)n1C1CC1.